The van der Waals surface area contributed by atoms with Gasteiger partial charge in [0.1, 0.15) is 5.75 Å². The van der Waals surface area contributed by atoms with E-state index in [-0.39, 0.29) is 6.04 Å². The Bertz CT molecular complexity index is 803. The Balaban J connectivity index is 1.63. The molecule has 0 radical (unpaired) electrons. The molecule has 1 saturated heterocycles. The first-order valence-corrected chi connectivity index (χ1v) is 10.5. The first-order chi connectivity index (χ1) is 14.7. The summed E-state index contributed by atoms with van der Waals surface area (Å²) < 4.78 is 10.5. The van der Waals surface area contributed by atoms with Crippen molar-refractivity contribution in [2.75, 3.05) is 40.9 Å². The number of nitrogens with one attached hydrogen (secondary N) is 2. The molecule has 162 valence electrons. The summed E-state index contributed by atoms with van der Waals surface area (Å²) in [5.41, 5.74) is 2.38. The molecule has 2 heterocycles. The van der Waals surface area contributed by atoms with Crippen LogP contribution < -0.4 is 20.1 Å². The van der Waals surface area contributed by atoms with Crippen molar-refractivity contribution < 1.29 is 9.47 Å². The van der Waals surface area contributed by atoms with Gasteiger partial charge < -0.3 is 20.1 Å². The van der Waals surface area contributed by atoms with E-state index in [0.717, 1.165) is 36.9 Å². The van der Waals surface area contributed by atoms with Crippen molar-refractivity contribution >= 4 is 5.96 Å². The van der Waals surface area contributed by atoms with Crippen molar-refractivity contribution in [1.29, 1.82) is 0 Å². The Morgan fingerprint density at radius 3 is 2.50 bits per heavy atom. The second kappa shape index (κ2) is 11.4. The first-order valence-electron chi connectivity index (χ1n) is 10.5. The zero-order valence-electron chi connectivity index (χ0n) is 18.2. The molecule has 2 aromatic rings. The fourth-order valence-electron chi connectivity index (χ4n) is 3.79. The molecule has 30 heavy (non-hydrogen) atoms. The van der Waals surface area contributed by atoms with E-state index in [1.54, 1.807) is 27.5 Å². The number of guanidine groups is 1. The average Bonchev–Trinajstić information content (AvgIpc) is 2.82. The molecule has 2 N–H and O–H groups in total. The van der Waals surface area contributed by atoms with Gasteiger partial charge in [0.2, 0.25) is 5.88 Å². The Morgan fingerprint density at radius 2 is 1.83 bits per heavy atom. The van der Waals surface area contributed by atoms with Crippen LogP contribution >= 0.6 is 0 Å². The van der Waals surface area contributed by atoms with E-state index >= 15 is 0 Å². The summed E-state index contributed by atoms with van der Waals surface area (Å²) in [4.78, 5) is 11.1. The Labute approximate surface area is 179 Å². The van der Waals surface area contributed by atoms with E-state index in [0.29, 0.717) is 12.4 Å². The normalized spacial score (nSPS) is 16.0. The lowest BCUT2D eigenvalue weighted by atomic mass is 10.0. The monoisotopic (exact) mass is 411 g/mol. The predicted octanol–water partition coefficient (Wildman–Crippen LogP) is 2.99. The summed E-state index contributed by atoms with van der Waals surface area (Å²) in [7, 11) is 5.12. The third-order valence-corrected chi connectivity index (χ3v) is 5.49. The highest BCUT2D eigenvalue weighted by Crippen LogP contribution is 2.25. The lowest BCUT2D eigenvalue weighted by molar-refractivity contribution is 0.164. The standard InChI is InChI=1S/C23H33N5O2/c1-24-23(26-16-18-11-12-25-22(15-18)30-3)27-17-21(28-13-5-4-6-14-28)19-7-9-20(29-2)10-8-19/h7-12,15,21H,4-6,13-14,16-17H2,1-3H3,(H2,24,26,27). The average molecular weight is 412 g/mol. The van der Waals surface area contributed by atoms with Crippen LogP contribution in [-0.2, 0) is 6.54 Å². The molecule has 7 heteroatoms. The van der Waals surface area contributed by atoms with Crippen LogP contribution in [0.5, 0.6) is 11.6 Å². The first kappa shape index (κ1) is 21.9. The molecule has 0 aliphatic carbocycles. The molecule has 1 aliphatic heterocycles. The number of benzene rings is 1. The topological polar surface area (TPSA) is 71.0 Å². The van der Waals surface area contributed by atoms with E-state index < -0.39 is 0 Å². The van der Waals surface area contributed by atoms with E-state index in [2.05, 4.69) is 37.6 Å². The van der Waals surface area contributed by atoms with E-state index in [1.165, 1.54) is 24.8 Å². The highest BCUT2D eigenvalue weighted by atomic mass is 16.5. The van der Waals surface area contributed by atoms with E-state index in [1.807, 2.05) is 24.3 Å². The van der Waals surface area contributed by atoms with Crippen LogP contribution in [-0.4, -0.2) is 56.7 Å². The van der Waals surface area contributed by atoms with Crippen LogP contribution in [0.2, 0.25) is 0 Å². The molecule has 0 amide bonds. The second-order valence-corrected chi connectivity index (χ2v) is 7.40. The largest absolute Gasteiger partial charge is 0.497 e. The number of hydrogen-bond acceptors (Lipinski definition) is 5. The third-order valence-electron chi connectivity index (χ3n) is 5.49. The number of likely N-dealkylation sites (tertiary alicyclic amines) is 1. The zero-order chi connectivity index (χ0) is 21.2. The SMILES string of the molecule is CN=C(NCc1ccnc(OC)c1)NCC(c1ccc(OC)cc1)N1CCCCC1. The molecule has 7 nitrogen and oxygen atoms in total. The summed E-state index contributed by atoms with van der Waals surface area (Å²) in [6.45, 7) is 3.68. The van der Waals surface area contributed by atoms with Gasteiger partial charge in [-0.15, -0.1) is 0 Å². The van der Waals surface area contributed by atoms with Gasteiger partial charge in [-0.25, -0.2) is 4.98 Å². The molecule has 3 rings (SSSR count). The van der Waals surface area contributed by atoms with Crippen LogP contribution in [0.15, 0.2) is 47.6 Å². The van der Waals surface area contributed by atoms with Crippen molar-refractivity contribution in [3.05, 3.63) is 53.7 Å². The van der Waals surface area contributed by atoms with Crippen molar-refractivity contribution in [3.8, 4) is 11.6 Å². The smallest absolute Gasteiger partial charge is 0.213 e. The van der Waals surface area contributed by atoms with Gasteiger partial charge in [-0.1, -0.05) is 18.6 Å². The van der Waals surface area contributed by atoms with Crippen LogP contribution in [0.1, 0.15) is 36.4 Å². The van der Waals surface area contributed by atoms with Crippen molar-refractivity contribution in [3.63, 3.8) is 0 Å². The van der Waals surface area contributed by atoms with Crippen molar-refractivity contribution in [1.82, 2.24) is 20.5 Å². The minimum atomic E-state index is 0.288. The lowest BCUT2D eigenvalue weighted by Crippen LogP contribution is -2.44. The molecule has 1 atom stereocenters. The highest BCUT2D eigenvalue weighted by Gasteiger charge is 2.22. The number of hydrogen-bond donors (Lipinski definition) is 2. The summed E-state index contributed by atoms with van der Waals surface area (Å²) in [5.74, 6) is 2.28. The fourth-order valence-corrected chi connectivity index (χ4v) is 3.79. The molecule has 0 spiro atoms. The maximum atomic E-state index is 5.33. The van der Waals surface area contributed by atoms with E-state index in [9.17, 15) is 0 Å². The van der Waals surface area contributed by atoms with E-state index in [4.69, 9.17) is 9.47 Å². The minimum absolute atomic E-state index is 0.288. The maximum Gasteiger partial charge on any atom is 0.213 e. The summed E-state index contributed by atoms with van der Waals surface area (Å²) >= 11 is 0. The number of rotatable bonds is 8. The van der Waals surface area contributed by atoms with Gasteiger partial charge in [0, 0.05) is 32.4 Å². The lowest BCUT2D eigenvalue weighted by Gasteiger charge is -2.35. The van der Waals surface area contributed by atoms with Crippen molar-refractivity contribution in [2.45, 2.75) is 31.8 Å². The highest BCUT2D eigenvalue weighted by molar-refractivity contribution is 5.79. The quantitative estimate of drug-likeness (QED) is 0.514. The number of methoxy groups -OCH3 is 2. The second-order valence-electron chi connectivity index (χ2n) is 7.40. The Hall–Kier alpha value is -2.80. The molecule has 0 bridgehead atoms. The van der Waals surface area contributed by atoms with Gasteiger partial charge in [0.05, 0.1) is 20.3 Å². The van der Waals surface area contributed by atoms with Crippen LogP contribution in [0.25, 0.3) is 0 Å². The predicted molar refractivity (Wildman–Crippen MR) is 120 cm³/mol. The minimum Gasteiger partial charge on any atom is -0.497 e. The van der Waals surface area contributed by atoms with Crippen LogP contribution in [0, 0.1) is 0 Å². The number of ether oxygens (including phenoxy) is 2. The van der Waals surface area contributed by atoms with Gasteiger partial charge >= 0.3 is 0 Å². The van der Waals surface area contributed by atoms with Gasteiger partial charge in [-0.05, 0) is 55.3 Å². The van der Waals surface area contributed by atoms with Gasteiger partial charge in [-0.3, -0.25) is 9.89 Å². The fraction of sp³-hybridized carbons (Fsp3) is 0.478. The molecule has 1 unspecified atom stereocenters. The molecule has 1 aliphatic rings. The van der Waals surface area contributed by atoms with Crippen molar-refractivity contribution in [2.24, 2.45) is 4.99 Å². The molecule has 1 aromatic heterocycles. The summed E-state index contributed by atoms with van der Waals surface area (Å²) in [5, 5.41) is 6.89. The third kappa shape index (κ3) is 6.10. The zero-order valence-corrected chi connectivity index (χ0v) is 18.2. The number of aromatic nitrogens is 1. The van der Waals surface area contributed by atoms with Crippen LogP contribution in [0.4, 0.5) is 0 Å². The number of nitrogens with zero attached hydrogens (tertiary/aromatic N) is 3. The summed E-state index contributed by atoms with van der Waals surface area (Å²) in [6.07, 6.45) is 5.58. The number of aliphatic imine (C=N–C) groups is 1. The summed E-state index contributed by atoms with van der Waals surface area (Å²) in [6, 6.07) is 12.6. The van der Waals surface area contributed by atoms with Gasteiger partial charge in [0.15, 0.2) is 5.96 Å². The Morgan fingerprint density at radius 1 is 1.07 bits per heavy atom. The molecular weight excluding hydrogens is 378 g/mol. The molecule has 1 aromatic carbocycles. The number of piperidine rings is 1. The van der Waals surface area contributed by atoms with Gasteiger partial charge in [0.25, 0.3) is 0 Å². The number of pyridine rings is 1. The molecule has 1 fully saturated rings. The molecular formula is C23H33N5O2. The molecule has 0 saturated carbocycles. The maximum absolute atomic E-state index is 5.33. The Kier molecular flexibility index (Phi) is 8.32. The van der Waals surface area contributed by atoms with Crippen LogP contribution in [0.3, 0.4) is 0 Å². The van der Waals surface area contributed by atoms with Gasteiger partial charge in [-0.2, -0.15) is 0 Å².